The lowest BCUT2D eigenvalue weighted by Crippen LogP contribution is -2.47. The summed E-state index contributed by atoms with van der Waals surface area (Å²) >= 11 is 0. The number of hydrogen-bond donors (Lipinski definition) is 2. The quantitative estimate of drug-likeness (QED) is 0.563. The van der Waals surface area contributed by atoms with Crippen molar-refractivity contribution < 1.29 is 39.2 Å². The number of nitrogens with one attached hydrogen (secondary N) is 2. The summed E-state index contributed by atoms with van der Waals surface area (Å²) in [6.45, 7) is 1.65. The Morgan fingerprint density at radius 2 is 1.85 bits per heavy atom. The summed E-state index contributed by atoms with van der Waals surface area (Å²) in [5.74, 6) is -1.29. The number of carbonyl (C=O) groups is 1. The molecule has 1 fully saturated rings. The van der Waals surface area contributed by atoms with Gasteiger partial charge in [0.25, 0.3) is 11.9 Å². The molecule has 188 valence electrons. The third kappa shape index (κ3) is 6.70. The van der Waals surface area contributed by atoms with Gasteiger partial charge in [0.05, 0.1) is 11.3 Å². The highest BCUT2D eigenvalue weighted by molar-refractivity contribution is 7.90. The van der Waals surface area contributed by atoms with Gasteiger partial charge in [-0.1, -0.05) is 6.07 Å². The van der Waals surface area contributed by atoms with Gasteiger partial charge in [-0.3, -0.25) is 4.79 Å². The van der Waals surface area contributed by atoms with E-state index < -0.39 is 43.4 Å². The van der Waals surface area contributed by atoms with Gasteiger partial charge in [-0.05, 0) is 43.4 Å². The zero-order valence-electron chi connectivity index (χ0n) is 18.2. The molecule has 0 radical (unpaired) electrons. The van der Waals surface area contributed by atoms with Crippen molar-refractivity contribution >= 4 is 37.7 Å². The Kier molecular flexibility index (Phi) is 7.28. The Morgan fingerprint density at radius 3 is 2.44 bits per heavy atom. The largest absolute Gasteiger partial charge is 0.431 e. The molecule has 3 rings (SSSR count). The highest BCUT2D eigenvalue weighted by atomic mass is 32.2. The average molecular weight is 525 g/mol. The molecule has 0 bridgehead atoms. The molecule has 10 nitrogen and oxygen atoms in total. The molecule has 0 saturated carbocycles. The minimum Gasteiger partial charge on any atom is -0.431 e. The number of rotatable bonds is 7. The van der Waals surface area contributed by atoms with Gasteiger partial charge in [0.15, 0.2) is 5.69 Å². The molecule has 1 amide bonds. The second-order valence-corrected chi connectivity index (χ2v) is 11.9. The fourth-order valence-corrected chi connectivity index (χ4v) is 5.81. The molecule has 15 heteroatoms. The molecular weight excluding hydrogens is 501 g/mol. The van der Waals surface area contributed by atoms with E-state index in [-0.39, 0.29) is 36.5 Å². The lowest BCUT2D eigenvalue weighted by Gasteiger charge is -2.30. The number of anilines is 2. The van der Waals surface area contributed by atoms with Crippen LogP contribution < -0.4 is 10.0 Å². The van der Waals surface area contributed by atoms with Gasteiger partial charge in [-0.2, -0.15) is 30.9 Å². The van der Waals surface area contributed by atoms with Crippen molar-refractivity contribution in [2.45, 2.75) is 25.9 Å². The Bertz CT molecular complexity index is 1270. The van der Waals surface area contributed by atoms with Crippen molar-refractivity contribution in [1.82, 2.24) is 14.0 Å². The van der Waals surface area contributed by atoms with Gasteiger partial charge in [-0.15, -0.1) is 0 Å². The summed E-state index contributed by atoms with van der Waals surface area (Å²) in [4.78, 5) is 16.2. The second kappa shape index (κ2) is 9.54. The standard InChI is InChI=1S/C19H23F3N4O6S2/c1-12-3-4-14(19(20,21)22)9-15(12)23-18-24-16(10-32-18)17(27)25-34(30,31)26-7-5-13(6-8-26)11-33(2,28)29/h3-4,9-10,13H,5-8,11H2,1-2H3,(H,23,24)(H,25,27). The van der Waals surface area contributed by atoms with E-state index in [1.54, 1.807) is 6.92 Å². The first-order valence-electron chi connectivity index (χ1n) is 10.0. The van der Waals surface area contributed by atoms with Crippen molar-refractivity contribution in [2.24, 2.45) is 5.92 Å². The maximum Gasteiger partial charge on any atom is 0.416 e. The average Bonchev–Trinajstić information content (AvgIpc) is 3.16. The molecule has 2 aromatic rings. The molecular formula is C19H23F3N4O6S2. The number of sulfone groups is 1. The Hall–Kier alpha value is -2.65. The second-order valence-electron chi connectivity index (χ2n) is 8.06. The number of hydrogen-bond acceptors (Lipinski definition) is 8. The third-order valence-corrected chi connectivity index (χ3v) is 7.78. The minimum absolute atomic E-state index is 0.0344. The van der Waals surface area contributed by atoms with Crippen LogP contribution in [-0.4, -0.2) is 57.1 Å². The topological polar surface area (TPSA) is 139 Å². The van der Waals surface area contributed by atoms with E-state index in [0.717, 1.165) is 29.0 Å². The lowest BCUT2D eigenvalue weighted by molar-refractivity contribution is -0.137. The lowest BCUT2D eigenvalue weighted by atomic mass is 10.0. The summed E-state index contributed by atoms with van der Waals surface area (Å²) in [5, 5.41) is 2.54. The highest BCUT2D eigenvalue weighted by Crippen LogP contribution is 2.33. The fourth-order valence-electron chi connectivity index (χ4n) is 3.46. The molecule has 2 heterocycles. The molecule has 0 unspecified atom stereocenters. The number of halogens is 3. The van der Waals surface area contributed by atoms with Crippen molar-refractivity contribution in [3.63, 3.8) is 0 Å². The van der Waals surface area contributed by atoms with Crippen molar-refractivity contribution in [1.29, 1.82) is 0 Å². The first-order valence-corrected chi connectivity index (χ1v) is 13.5. The van der Waals surface area contributed by atoms with Crippen LogP contribution in [0.3, 0.4) is 0 Å². The number of benzene rings is 1. The van der Waals surface area contributed by atoms with Crippen molar-refractivity contribution in [2.75, 3.05) is 30.4 Å². The van der Waals surface area contributed by atoms with Gasteiger partial charge < -0.3 is 9.73 Å². The summed E-state index contributed by atoms with van der Waals surface area (Å²) in [5.41, 5.74) is -0.786. The molecule has 0 aliphatic carbocycles. The predicted molar refractivity (Wildman–Crippen MR) is 116 cm³/mol. The Labute approximate surface area is 194 Å². The van der Waals surface area contributed by atoms with E-state index in [0.29, 0.717) is 18.4 Å². The van der Waals surface area contributed by atoms with Gasteiger partial charge in [-0.25, -0.2) is 13.1 Å². The van der Waals surface area contributed by atoms with Gasteiger partial charge in [0, 0.05) is 25.0 Å². The number of nitrogens with zero attached hydrogens (tertiary/aromatic N) is 2. The number of aryl methyl sites for hydroxylation is 1. The molecule has 0 spiro atoms. The number of carbonyl (C=O) groups excluding carboxylic acids is 1. The molecule has 0 atom stereocenters. The first-order chi connectivity index (χ1) is 15.6. The molecule has 1 saturated heterocycles. The first kappa shape index (κ1) is 26.0. The predicted octanol–water partition coefficient (Wildman–Crippen LogP) is 2.48. The summed E-state index contributed by atoms with van der Waals surface area (Å²) < 4.78 is 94.7. The highest BCUT2D eigenvalue weighted by Gasteiger charge is 2.32. The van der Waals surface area contributed by atoms with E-state index in [1.807, 2.05) is 4.72 Å². The number of amides is 1. The Balaban J connectivity index is 1.64. The minimum atomic E-state index is -4.56. The summed E-state index contributed by atoms with van der Waals surface area (Å²) in [7, 11) is -7.40. The number of aromatic nitrogens is 1. The van der Waals surface area contributed by atoms with Crippen LogP contribution in [0.2, 0.25) is 0 Å². The van der Waals surface area contributed by atoms with Crippen LogP contribution in [0, 0.1) is 12.8 Å². The molecule has 1 aromatic heterocycles. The van der Waals surface area contributed by atoms with Crippen molar-refractivity contribution in [3.8, 4) is 0 Å². The SMILES string of the molecule is Cc1ccc(C(F)(F)F)cc1Nc1nc(C(=O)NS(=O)(=O)N2CCC(CS(C)(=O)=O)CC2)co1. The van der Waals surface area contributed by atoms with E-state index in [4.69, 9.17) is 4.42 Å². The number of oxazole rings is 1. The fraction of sp³-hybridized carbons (Fsp3) is 0.474. The van der Waals surface area contributed by atoms with E-state index in [9.17, 15) is 34.8 Å². The van der Waals surface area contributed by atoms with Crippen LogP contribution in [0.1, 0.15) is 34.5 Å². The monoisotopic (exact) mass is 524 g/mol. The maximum atomic E-state index is 12.9. The van der Waals surface area contributed by atoms with Gasteiger partial charge in [0.1, 0.15) is 16.1 Å². The van der Waals surface area contributed by atoms with Crippen LogP contribution in [0.4, 0.5) is 24.9 Å². The van der Waals surface area contributed by atoms with Crippen LogP contribution in [0.25, 0.3) is 0 Å². The van der Waals surface area contributed by atoms with Gasteiger partial charge in [0.2, 0.25) is 0 Å². The van der Waals surface area contributed by atoms with Gasteiger partial charge >= 0.3 is 16.4 Å². The van der Waals surface area contributed by atoms with E-state index in [1.165, 1.54) is 6.07 Å². The van der Waals surface area contributed by atoms with Crippen molar-refractivity contribution in [3.05, 3.63) is 41.3 Å². The smallest absolute Gasteiger partial charge is 0.416 e. The Morgan fingerprint density at radius 1 is 1.21 bits per heavy atom. The van der Waals surface area contributed by atoms with Crippen LogP contribution >= 0.6 is 0 Å². The van der Waals surface area contributed by atoms with E-state index >= 15 is 0 Å². The molecule has 34 heavy (non-hydrogen) atoms. The molecule has 1 aliphatic rings. The van der Waals surface area contributed by atoms with E-state index in [2.05, 4.69) is 10.3 Å². The zero-order valence-corrected chi connectivity index (χ0v) is 19.8. The molecule has 2 N–H and O–H groups in total. The van der Waals surface area contributed by atoms with Crippen LogP contribution in [0.15, 0.2) is 28.9 Å². The summed E-state index contributed by atoms with van der Waals surface area (Å²) in [6.07, 6.45) is -1.91. The van der Waals surface area contributed by atoms with Crippen LogP contribution in [-0.2, 0) is 26.2 Å². The zero-order chi connectivity index (χ0) is 25.3. The van der Waals surface area contributed by atoms with Crippen LogP contribution in [0.5, 0.6) is 0 Å². The normalized spacial score (nSPS) is 16.4. The summed E-state index contributed by atoms with van der Waals surface area (Å²) in [6, 6.07) is 2.74. The maximum absolute atomic E-state index is 12.9. The number of alkyl halides is 3. The number of piperidine rings is 1. The third-order valence-electron chi connectivity index (χ3n) is 5.22. The molecule has 1 aromatic carbocycles. The molecule has 1 aliphatic heterocycles.